The molecule has 1 aromatic carbocycles. The van der Waals surface area contributed by atoms with Crippen LogP contribution in [0.25, 0.3) is 0 Å². The molecule has 7 heteroatoms. The van der Waals surface area contributed by atoms with Crippen molar-refractivity contribution in [3.63, 3.8) is 0 Å². The lowest BCUT2D eigenvalue weighted by atomic mass is 10.2. The van der Waals surface area contributed by atoms with Crippen molar-refractivity contribution in [3.05, 3.63) is 23.3 Å². The number of rotatable bonds is 0. The summed E-state index contributed by atoms with van der Waals surface area (Å²) < 4.78 is 47.9. The molecule has 15 heavy (non-hydrogen) atoms. The zero-order chi connectivity index (χ0) is 11.4. The zero-order valence-electron chi connectivity index (χ0n) is 8.10. The molecule has 0 spiro atoms. The molecule has 0 saturated heterocycles. The lowest BCUT2D eigenvalue weighted by Crippen LogP contribution is -2.21. The second-order valence-corrected chi connectivity index (χ2v) is 6.94. The number of nitrogens with one attached hydrogen (secondary N) is 1. The average Bonchev–Trinajstić information content (AvgIpc) is 2.25. The first kappa shape index (κ1) is 10.6. The highest BCUT2D eigenvalue weighted by Gasteiger charge is 2.40. The fourth-order valence-electron chi connectivity index (χ4n) is 1.66. The van der Waals surface area contributed by atoms with Gasteiger partial charge in [0.15, 0.2) is 0 Å². The van der Waals surface area contributed by atoms with Crippen molar-refractivity contribution < 1.29 is 16.8 Å². The van der Waals surface area contributed by atoms with Crippen molar-refractivity contribution in [1.29, 1.82) is 0 Å². The van der Waals surface area contributed by atoms with Gasteiger partial charge in [0.1, 0.15) is 9.79 Å². The molecule has 0 amide bonds. The van der Waals surface area contributed by atoms with Crippen LogP contribution in [0.3, 0.4) is 0 Å². The molecule has 0 saturated carbocycles. The fraction of sp³-hybridized carbons (Fsp3) is 0.250. The number of hydrogen-bond donors (Lipinski definition) is 1. The predicted molar refractivity (Wildman–Crippen MR) is 53.4 cm³/mol. The number of sulfonamides is 2. The second-order valence-electron chi connectivity index (χ2n) is 3.45. The highest BCUT2D eigenvalue weighted by Crippen LogP contribution is 2.33. The van der Waals surface area contributed by atoms with E-state index in [0.717, 1.165) is 0 Å². The highest BCUT2D eigenvalue weighted by atomic mass is 32.3. The zero-order valence-corrected chi connectivity index (χ0v) is 9.74. The summed E-state index contributed by atoms with van der Waals surface area (Å²) in [6.07, 6.45) is 0. The van der Waals surface area contributed by atoms with Crippen LogP contribution >= 0.6 is 0 Å². The molecule has 0 unspecified atom stereocenters. The van der Waals surface area contributed by atoms with E-state index in [4.69, 9.17) is 0 Å². The van der Waals surface area contributed by atoms with E-state index in [2.05, 4.69) is 0 Å². The minimum Gasteiger partial charge on any atom is -0.206 e. The van der Waals surface area contributed by atoms with Crippen molar-refractivity contribution in [2.45, 2.75) is 23.6 Å². The van der Waals surface area contributed by atoms with E-state index in [1.54, 1.807) is 30.1 Å². The third-order valence-electron chi connectivity index (χ3n) is 2.26. The fourth-order valence-corrected chi connectivity index (χ4v) is 5.93. The van der Waals surface area contributed by atoms with E-state index < -0.39 is 20.0 Å². The van der Waals surface area contributed by atoms with Gasteiger partial charge in [0.05, 0.1) is 0 Å². The van der Waals surface area contributed by atoms with Gasteiger partial charge in [0.2, 0.25) is 0 Å². The van der Waals surface area contributed by atoms with Gasteiger partial charge in [-0.1, -0.05) is 12.1 Å². The van der Waals surface area contributed by atoms with E-state index in [-0.39, 0.29) is 9.79 Å². The normalized spacial score (nSPS) is 21.2. The highest BCUT2D eigenvalue weighted by molar-refractivity contribution is 8.07. The third-order valence-corrected chi connectivity index (χ3v) is 6.27. The van der Waals surface area contributed by atoms with Crippen molar-refractivity contribution in [2.75, 3.05) is 0 Å². The molecule has 0 radical (unpaired) electrons. The Kier molecular flexibility index (Phi) is 1.98. The van der Waals surface area contributed by atoms with E-state index in [1.165, 1.54) is 0 Å². The summed E-state index contributed by atoms with van der Waals surface area (Å²) in [5, 5.41) is 0. The summed E-state index contributed by atoms with van der Waals surface area (Å²) in [5.74, 6) is 0. The average molecular weight is 247 g/mol. The molecule has 1 aliphatic rings. The summed E-state index contributed by atoms with van der Waals surface area (Å²) >= 11 is 0. The van der Waals surface area contributed by atoms with Gasteiger partial charge in [-0.3, -0.25) is 0 Å². The maximum Gasteiger partial charge on any atom is 0.255 e. The Hall–Kier alpha value is -0.920. The van der Waals surface area contributed by atoms with E-state index in [1.807, 2.05) is 0 Å². The first-order valence-electron chi connectivity index (χ1n) is 4.14. The van der Waals surface area contributed by atoms with Crippen molar-refractivity contribution in [2.24, 2.45) is 0 Å². The van der Waals surface area contributed by atoms with Crippen LogP contribution in [0.2, 0.25) is 0 Å². The molecule has 0 atom stereocenters. The van der Waals surface area contributed by atoms with E-state index >= 15 is 0 Å². The Balaban J connectivity index is 3.06. The van der Waals surface area contributed by atoms with Gasteiger partial charge >= 0.3 is 0 Å². The van der Waals surface area contributed by atoms with Gasteiger partial charge in [0.25, 0.3) is 20.0 Å². The minimum absolute atomic E-state index is 0.123. The maximum absolute atomic E-state index is 11.6. The van der Waals surface area contributed by atoms with Crippen LogP contribution in [0.5, 0.6) is 0 Å². The molecule has 1 aromatic rings. The molecule has 0 bridgehead atoms. The van der Waals surface area contributed by atoms with Crippen LogP contribution in [0.15, 0.2) is 21.9 Å². The summed E-state index contributed by atoms with van der Waals surface area (Å²) in [6, 6.07) is 3.18. The SMILES string of the molecule is Cc1ccc(C)c2c1S(=O)(=O)NS2(=O)=O. The molecule has 0 aromatic heterocycles. The molecule has 82 valence electrons. The Morgan fingerprint density at radius 2 is 1.20 bits per heavy atom. The Morgan fingerprint density at radius 3 is 1.53 bits per heavy atom. The number of hydrogen-bond acceptors (Lipinski definition) is 4. The van der Waals surface area contributed by atoms with Gasteiger partial charge < -0.3 is 0 Å². The predicted octanol–water partition coefficient (Wildman–Crippen LogP) is 0.284. The lowest BCUT2D eigenvalue weighted by molar-refractivity contribution is 0.586. The Labute approximate surface area is 88.2 Å². The number of benzene rings is 1. The largest absolute Gasteiger partial charge is 0.255 e. The first-order valence-corrected chi connectivity index (χ1v) is 7.11. The summed E-state index contributed by atoms with van der Waals surface area (Å²) in [6.45, 7) is 3.14. The van der Waals surface area contributed by atoms with Crippen molar-refractivity contribution in [1.82, 2.24) is 4.13 Å². The van der Waals surface area contributed by atoms with Gasteiger partial charge in [-0.05, 0) is 25.0 Å². The topological polar surface area (TPSA) is 80.3 Å². The van der Waals surface area contributed by atoms with Crippen LogP contribution in [0.4, 0.5) is 0 Å². The Bertz CT molecular complexity index is 586. The molecule has 1 heterocycles. The van der Waals surface area contributed by atoms with Crippen molar-refractivity contribution in [3.8, 4) is 0 Å². The van der Waals surface area contributed by atoms with Crippen LogP contribution < -0.4 is 4.13 Å². The van der Waals surface area contributed by atoms with E-state index in [0.29, 0.717) is 11.1 Å². The van der Waals surface area contributed by atoms with E-state index in [9.17, 15) is 16.8 Å². The molecule has 1 N–H and O–H groups in total. The summed E-state index contributed by atoms with van der Waals surface area (Å²) in [4.78, 5) is -0.245. The standard InChI is InChI=1S/C8H9NO4S2/c1-5-3-4-6(2)8-7(5)14(10,11)9-15(8,12)13/h3-4,9H,1-2H3. The molecular weight excluding hydrogens is 238 g/mol. The minimum atomic E-state index is -3.90. The van der Waals surface area contributed by atoms with Crippen LogP contribution in [-0.4, -0.2) is 16.8 Å². The second kappa shape index (κ2) is 2.81. The quantitative estimate of drug-likeness (QED) is 0.714. The monoisotopic (exact) mass is 247 g/mol. The number of fused-ring (bicyclic) bond motifs is 1. The molecule has 0 fully saturated rings. The Morgan fingerprint density at radius 1 is 0.867 bits per heavy atom. The van der Waals surface area contributed by atoms with Crippen molar-refractivity contribution >= 4 is 20.0 Å². The third kappa shape index (κ3) is 1.38. The van der Waals surface area contributed by atoms with Gasteiger partial charge in [-0.15, -0.1) is 4.13 Å². The van der Waals surface area contributed by atoms with Crippen LogP contribution in [-0.2, 0) is 20.0 Å². The molecule has 5 nitrogen and oxygen atoms in total. The van der Waals surface area contributed by atoms with Gasteiger partial charge in [-0.2, -0.15) is 0 Å². The summed E-state index contributed by atoms with van der Waals surface area (Å²) in [7, 11) is -7.81. The van der Waals surface area contributed by atoms with Crippen LogP contribution in [0.1, 0.15) is 11.1 Å². The first-order chi connectivity index (χ1) is 6.76. The van der Waals surface area contributed by atoms with Gasteiger partial charge in [-0.25, -0.2) is 16.8 Å². The molecule has 1 aliphatic heterocycles. The molecule has 0 aliphatic carbocycles. The van der Waals surface area contributed by atoms with Crippen LogP contribution in [0, 0.1) is 13.8 Å². The lowest BCUT2D eigenvalue weighted by Gasteiger charge is -2.02. The smallest absolute Gasteiger partial charge is 0.206 e. The van der Waals surface area contributed by atoms with Gasteiger partial charge in [0, 0.05) is 0 Å². The summed E-state index contributed by atoms with van der Waals surface area (Å²) in [5.41, 5.74) is 0.869. The maximum atomic E-state index is 11.6. The number of aryl methyl sites for hydroxylation is 2. The molecule has 2 rings (SSSR count). The molecular formula is C8H9NO4S2.